The molecule has 0 bridgehead atoms. The lowest BCUT2D eigenvalue weighted by molar-refractivity contribution is 0.0948. The van der Waals surface area contributed by atoms with Gasteiger partial charge in [0.25, 0.3) is 5.91 Å². The van der Waals surface area contributed by atoms with E-state index >= 15 is 0 Å². The van der Waals surface area contributed by atoms with E-state index in [4.69, 9.17) is 9.84 Å². The summed E-state index contributed by atoms with van der Waals surface area (Å²) < 4.78 is 5.65. The summed E-state index contributed by atoms with van der Waals surface area (Å²) in [5, 5.41) is 10.3. The first kappa shape index (κ1) is 17.2. The molecular weight excluding hydrogens is 298 g/mol. The van der Waals surface area contributed by atoms with Crippen LogP contribution in [0.25, 0.3) is 0 Å². The predicted molar refractivity (Wildman–Crippen MR) is 86.0 cm³/mol. The van der Waals surface area contributed by atoms with Gasteiger partial charge in [-0.05, 0) is 37.7 Å². The third kappa shape index (κ3) is 5.88. The zero-order valence-corrected chi connectivity index (χ0v) is 13.3. The van der Waals surface area contributed by atoms with Crippen molar-refractivity contribution in [3.63, 3.8) is 0 Å². The summed E-state index contributed by atoms with van der Waals surface area (Å²) in [6.07, 6.45) is -0.412. The highest BCUT2D eigenvalue weighted by Crippen LogP contribution is 2.12. The van der Waals surface area contributed by atoms with Crippen molar-refractivity contribution in [3.8, 4) is 5.75 Å². The molecule has 1 aliphatic rings. The number of piperazine rings is 1. The second kappa shape index (κ2) is 8.50. The zero-order chi connectivity index (χ0) is 16.7. The highest BCUT2D eigenvalue weighted by Gasteiger charge is 2.13. The van der Waals surface area contributed by atoms with Gasteiger partial charge in [-0.15, -0.1) is 0 Å². The van der Waals surface area contributed by atoms with E-state index in [2.05, 4.69) is 16.8 Å². The summed E-state index contributed by atoms with van der Waals surface area (Å²) in [5.41, 5.74) is 0.289. The van der Waals surface area contributed by atoms with Crippen molar-refractivity contribution in [2.45, 2.75) is 6.42 Å². The molecule has 0 radical (unpaired) electrons. The topological polar surface area (TPSA) is 82.1 Å². The fraction of sp³-hybridized carbons (Fsp3) is 0.500. The summed E-state index contributed by atoms with van der Waals surface area (Å²) in [6.45, 7) is 6.06. The number of amides is 2. The summed E-state index contributed by atoms with van der Waals surface area (Å²) in [5.74, 6) is 0.0365. The molecule has 1 saturated heterocycles. The molecule has 2 N–H and O–H groups in total. The highest BCUT2D eigenvalue weighted by atomic mass is 16.5. The monoisotopic (exact) mass is 321 g/mol. The second-order valence-corrected chi connectivity index (χ2v) is 5.63. The van der Waals surface area contributed by atoms with E-state index in [1.54, 1.807) is 29.6 Å². The molecule has 0 atom stereocenters. The van der Waals surface area contributed by atoms with Gasteiger partial charge in [0.15, 0.2) is 0 Å². The maximum Gasteiger partial charge on any atom is 0.411 e. The Hall–Kier alpha value is -2.12. The van der Waals surface area contributed by atoms with E-state index in [-0.39, 0.29) is 5.56 Å². The van der Waals surface area contributed by atoms with Crippen LogP contribution in [-0.2, 0) is 0 Å². The molecule has 0 unspecified atom stereocenters. The minimum Gasteiger partial charge on any atom is -0.494 e. The van der Waals surface area contributed by atoms with Crippen LogP contribution in [0, 0.1) is 0 Å². The van der Waals surface area contributed by atoms with Gasteiger partial charge in [0, 0.05) is 38.3 Å². The number of nitrogens with zero attached hydrogens (tertiary/aromatic N) is 2. The molecule has 7 nitrogen and oxygen atoms in total. The largest absolute Gasteiger partial charge is 0.494 e. The lowest BCUT2D eigenvalue weighted by Gasteiger charge is -2.32. The van der Waals surface area contributed by atoms with E-state index in [9.17, 15) is 9.59 Å². The molecule has 2 rings (SSSR count). The Morgan fingerprint density at radius 1 is 1.17 bits per heavy atom. The first-order valence-electron chi connectivity index (χ1n) is 7.72. The molecule has 2 amide bonds. The number of imide groups is 1. The Morgan fingerprint density at radius 2 is 1.83 bits per heavy atom. The second-order valence-electron chi connectivity index (χ2n) is 5.63. The van der Waals surface area contributed by atoms with Crippen LogP contribution in [0.3, 0.4) is 0 Å². The Labute approximate surface area is 135 Å². The minimum absolute atomic E-state index is 0.289. The summed E-state index contributed by atoms with van der Waals surface area (Å²) in [4.78, 5) is 26.7. The Kier molecular flexibility index (Phi) is 6.37. The number of benzene rings is 1. The molecule has 1 aliphatic heterocycles. The highest BCUT2D eigenvalue weighted by molar-refractivity contribution is 6.02. The minimum atomic E-state index is -1.36. The Balaban J connectivity index is 1.68. The van der Waals surface area contributed by atoms with Gasteiger partial charge in [-0.3, -0.25) is 10.1 Å². The molecule has 126 valence electrons. The van der Waals surface area contributed by atoms with E-state index in [1.807, 2.05) is 0 Å². The van der Waals surface area contributed by atoms with Crippen LogP contribution in [0.15, 0.2) is 24.3 Å². The van der Waals surface area contributed by atoms with Gasteiger partial charge in [0.05, 0.1) is 6.61 Å². The number of hydrogen-bond donors (Lipinski definition) is 2. The average molecular weight is 321 g/mol. The number of carbonyl (C=O) groups is 2. The van der Waals surface area contributed by atoms with Gasteiger partial charge in [0.1, 0.15) is 5.75 Å². The Morgan fingerprint density at radius 3 is 2.43 bits per heavy atom. The first-order valence-corrected chi connectivity index (χ1v) is 7.72. The van der Waals surface area contributed by atoms with E-state index < -0.39 is 12.0 Å². The van der Waals surface area contributed by atoms with Gasteiger partial charge < -0.3 is 19.6 Å². The van der Waals surface area contributed by atoms with Gasteiger partial charge in [-0.1, -0.05) is 0 Å². The first-order chi connectivity index (χ1) is 11.0. The van der Waals surface area contributed by atoms with Crippen LogP contribution < -0.4 is 10.1 Å². The van der Waals surface area contributed by atoms with Crippen LogP contribution in [-0.4, -0.2) is 73.3 Å². The third-order valence-electron chi connectivity index (χ3n) is 3.82. The normalized spacial score (nSPS) is 16.0. The van der Waals surface area contributed by atoms with Crippen molar-refractivity contribution >= 4 is 12.0 Å². The number of ether oxygens (including phenoxy) is 1. The van der Waals surface area contributed by atoms with E-state index in [0.717, 1.165) is 39.1 Å². The van der Waals surface area contributed by atoms with Crippen molar-refractivity contribution in [1.29, 1.82) is 0 Å². The Bertz CT molecular complexity index is 525. The predicted octanol–water partition coefficient (Wildman–Crippen LogP) is 1.11. The molecule has 0 saturated carbocycles. The van der Waals surface area contributed by atoms with Crippen LogP contribution in [0.4, 0.5) is 4.79 Å². The van der Waals surface area contributed by atoms with Crippen LogP contribution >= 0.6 is 0 Å². The molecular formula is C16H23N3O4. The zero-order valence-electron chi connectivity index (χ0n) is 13.3. The fourth-order valence-electron chi connectivity index (χ4n) is 2.42. The van der Waals surface area contributed by atoms with Crippen molar-refractivity contribution in [1.82, 2.24) is 15.1 Å². The molecule has 7 heteroatoms. The lowest BCUT2D eigenvalue weighted by Crippen LogP contribution is -2.44. The number of likely N-dealkylation sites (N-methyl/N-ethyl adjacent to an activating group) is 1. The molecule has 1 fully saturated rings. The van der Waals surface area contributed by atoms with Gasteiger partial charge in [-0.25, -0.2) is 4.79 Å². The standard InChI is InChI=1S/C16H23N3O4/c1-18-8-10-19(11-9-18)7-2-12-23-14-5-3-13(4-6-14)15(20)17-16(21)22/h3-6H,2,7-12H2,1H3,(H,17,20)(H,21,22). The van der Waals surface area contributed by atoms with Crippen LogP contribution in [0.2, 0.25) is 0 Å². The summed E-state index contributed by atoms with van der Waals surface area (Å²) >= 11 is 0. The van der Waals surface area contributed by atoms with Crippen molar-refractivity contribution in [2.24, 2.45) is 0 Å². The molecule has 1 aromatic carbocycles. The van der Waals surface area contributed by atoms with Gasteiger partial charge in [0.2, 0.25) is 0 Å². The fourth-order valence-corrected chi connectivity index (χ4v) is 2.42. The lowest BCUT2D eigenvalue weighted by atomic mass is 10.2. The SMILES string of the molecule is CN1CCN(CCCOc2ccc(C(=O)NC(=O)O)cc2)CC1. The molecule has 1 heterocycles. The molecule has 0 aromatic heterocycles. The molecule has 23 heavy (non-hydrogen) atoms. The molecule has 0 spiro atoms. The van der Waals surface area contributed by atoms with E-state index in [0.29, 0.717) is 12.4 Å². The van der Waals surface area contributed by atoms with Crippen molar-refractivity contribution in [3.05, 3.63) is 29.8 Å². The quantitative estimate of drug-likeness (QED) is 0.764. The van der Waals surface area contributed by atoms with Crippen molar-refractivity contribution < 1.29 is 19.4 Å². The van der Waals surface area contributed by atoms with Crippen LogP contribution in [0.1, 0.15) is 16.8 Å². The van der Waals surface area contributed by atoms with Gasteiger partial charge in [-0.2, -0.15) is 0 Å². The van der Waals surface area contributed by atoms with Gasteiger partial charge >= 0.3 is 6.09 Å². The third-order valence-corrected chi connectivity index (χ3v) is 3.82. The molecule has 0 aliphatic carbocycles. The van der Waals surface area contributed by atoms with E-state index in [1.165, 1.54) is 0 Å². The number of carboxylic acid groups (broad SMARTS) is 1. The van der Waals surface area contributed by atoms with Crippen molar-refractivity contribution in [2.75, 3.05) is 46.4 Å². The van der Waals surface area contributed by atoms with Crippen LogP contribution in [0.5, 0.6) is 5.75 Å². The smallest absolute Gasteiger partial charge is 0.411 e. The molecule has 1 aromatic rings. The summed E-state index contributed by atoms with van der Waals surface area (Å²) in [6, 6.07) is 6.45. The number of nitrogens with one attached hydrogen (secondary N) is 1. The number of carbonyl (C=O) groups excluding carboxylic acids is 1. The summed E-state index contributed by atoms with van der Waals surface area (Å²) in [7, 11) is 2.14. The number of hydrogen-bond acceptors (Lipinski definition) is 5. The maximum atomic E-state index is 11.5. The average Bonchev–Trinajstić information content (AvgIpc) is 2.53. The maximum absolute atomic E-state index is 11.5. The number of rotatable bonds is 6.